The van der Waals surface area contributed by atoms with Crippen LogP contribution in [0.3, 0.4) is 0 Å². The van der Waals surface area contributed by atoms with Gasteiger partial charge in [0.1, 0.15) is 0 Å². The van der Waals surface area contributed by atoms with E-state index in [1.165, 1.54) is 23.1 Å². The minimum Gasteiger partial charge on any atom is -0.391 e. The van der Waals surface area contributed by atoms with Crippen molar-refractivity contribution in [1.29, 1.82) is 0 Å². The molecule has 1 aliphatic heterocycles. The highest BCUT2D eigenvalue weighted by molar-refractivity contribution is 5.93. The van der Waals surface area contributed by atoms with Gasteiger partial charge in [-0.15, -0.1) is 0 Å². The third kappa shape index (κ3) is 2.86. The van der Waals surface area contributed by atoms with E-state index in [2.05, 4.69) is 15.4 Å². The number of aliphatic hydroxyl groups excluding tert-OH is 1. The first-order chi connectivity index (χ1) is 11.3. The molecule has 1 fully saturated rings. The molecule has 24 heavy (non-hydrogen) atoms. The van der Waals surface area contributed by atoms with E-state index in [-0.39, 0.29) is 24.2 Å². The fraction of sp³-hybridized carbons (Fsp3) is 0.400. The van der Waals surface area contributed by atoms with Crippen LogP contribution in [0, 0.1) is 6.92 Å². The number of aliphatic hydroxyl groups is 1. The second-order valence-electron chi connectivity index (χ2n) is 5.71. The Kier molecular flexibility index (Phi) is 4.04. The summed E-state index contributed by atoms with van der Waals surface area (Å²) in [6.45, 7) is 1.52. The van der Waals surface area contributed by atoms with Crippen molar-refractivity contribution in [3.63, 3.8) is 0 Å². The van der Waals surface area contributed by atoms with Crippen LogP contribution in [0.15, 0.2) is 24.3 Å². The number of aryl methyl sites for hydroxylation is 1. The summed E-state index contributed by atoms with van der Waals surface area (Å²) < 4.78 is 39.8. The molecule has 0 saturated carbocycles. The monoisotopic (exact) mass is 340 g/mol. The van der Waals surface area contributed by atoms with Gasteiger partial charge in [-0.05, 0) is 25.0 Å². The van der Waals surface area contributed by atoms with Gasteiger partial charge in [-0.2, -0.15) is 28.6 Å². The van der Waals surface area contributed by atoms with Crippen molar-refractivity contribution in [2.45, 2.75) is 31.7 Å². The molecule has 9 heteroatoms. The van der Waals surface area contributed by atoms with Crippen molar-refractivity contribution in [1.82, 2.24) is 20.3 Å². The highest BCUT2D eigenvalue weighted by Crippen LogP contribution is 2.40. The normalized spacial score (nSPS) is 21.3. The minimum atomic E-state index is -4.54. The summed E-state index contributed by atoms with van der Waals surface area (Å²) in [6, 6.07) is 4.22. The van der Waals surface area contributed by atoms with Crippen LogP contribution in [-0.4, -0.2) is 44.0 Å². The molecule has 1 aliphatic rings. The second-order valence-corrected chi connectivity index (χ2v) is 5.71. The molecule has 2 N–H and O–H groups in total. The van der Waals surface area contributed by atoms with E-state index in [4.69, 9.17) is 0 Å². The van der Waals surface area contributed by atoms with E-state index < -0.39 is 29.8 Å². The Morgan fingerprint density at radius 3 is 2.67 bits per heavy atom. The number of benzene rings is 1. The van der Waals surface area contributed by atoms with Crippen LogP contribution >= 0.6 is 0 Å². The molecule has 2 atom stereocenters. The molecule has 0 bridgehead atoms. The smallest absolute Gasteiger partial charge is 0.391 e. The van der Waals surface area contributed by atoms with Gasteiger partial charge in [-0.3, -0.25) is 4.79 Å². The third-order valence-electron chi connectivity index (χ3n) is 4.09. The lowest BCUT2D eigenvalue weighted by Gasteiger charge is -2.26. The summed E-state index contributed by atoms with van der Waals surface area (Å²) >= 11 is 0. The lowest BCUT2D eigenvalue weighted by molar-refractivity contribution is -0.138. The number of rotatable bonds is 2. The molecule has 1 aromatic heterocycles. The number of aromatic nitrogens is 3. The van der Waals surface area contributed by atoms with Crippen LogP contribution in [0.5, 0.6) is 0 Å². The number of halogens is 3. The van der Waals surface area contributed by atoms with E-state index in [1.54, 1.807) is 6.92 Å². The predicted molar refractivity (Wildman–Crippen MR) is 77.0 cm³/mol. The van der Waals surface area contributed by atoms with E-state index in [0.717, 1.165) is 6.07 Å². The van der Waals surface area contributed by atoms with Crippen molar-refractivity contribution in [3.05, 3.63) is 46.8 Å². The molecule has 0 unspecified atom stereocenters. The zero-order valence-corrected chi connectivity index (χ0v) is 12.7. The number of likely N-dealkylation sites (tertiary alicyclic amines) is 1. The first kappa shape index (κ1) is 16.4. The maximum atomic E-state index is 13.3. The Morgan fingerprint density at radius 2 is 2.04 bits per heavy atom. The number of nitrogens with zero attached hydrogens (tertiary/aromatic N) is 3. The number of H-pyrrole nitrogens is 1. The SMILES string of the molecule is Cc1n[nH]nc1C(=O)N1C[C@H](O)C[C@H]1c1ccccc1C(F)(F)F. The van der Waals surface area contributed by atoms with Crippen molar-refractivity contribution in [3.8, 4) is 0 Å². The molecule has 1 amide bonds. The molecular formula is C15H15F3N4O2. The molecule has 2 heterocycles. The number of nitrogens with one attached hydrogen (secondary N) is 1. The molecule has 3 rings (SSSR count). The van der Waals surface area contributed by atoms with Crippen molar-refractivity contribution >= 4 is 5.91 Å². The van der Waals surface area contributed by atoms with Gasteiger partial charge in [0, 0.05) is 6.54 Å². The van der Waals surface area contributed by atoms with Crippen LogP contribution < -0.4 is 0 Å². The maximum absolute atomic E-state index is 13.3. The molecule has 1 aromatic carbocycles. The van der Waals surface area contributed by atoms with Gasteiger partial charge < -0.3 is 10.0 Å². The summed E-state index contributed by atoms with van der Waals surface area (Å²) in [5.41, 5.74) is -0.447. The maximum Gasteiger partial charge on any atom is 0.416 e. The number of carbonyl (C=O) groups excluding carboxylic acids is 1. The highest BCUT2D eigenvalue weighted by atomic mass is 19.4. The van der Waals surface area contributed by atoms with Crippen molar-refractivity contribution in [2.24, 2.45) is 0 Å². The molecule has 1 saturated heterocycles. The molecule has 0 spiro atoms. The Labute approximate surface area is 135 Å². The van der Waals surface area contributed by atoms with E-state index >= 15 is 0 Å². The zero-order chi connectivity index (χ0) is 17.5. The number of β-amino-alcohol motifs (C(OH)–C–C–N with tert-alkyl or cyclic N) is 1. The summed E-state index contributed by atoms with van der Waals surface area (Å²) in [5.74, 6) is -0.556. The molecule has 2 aromatic rings. The molecule has 128 valence electrons. The standard InChI is InChI=1S/C15H15F3N4O2/c1-8-13(20-21-19-8)14(24)22-7-9(23)6-12(22)10-4-2-3-5-11(10)15(16,17)18/h2-5,9,12,23H,6-7H2,1H3,(H,19,20,21)/t9-,12+/m1/s1. The number of alkyl halides is 3. The second kappa shape index (κ2) is 5.90. The Bertz CT molecular complexity index is 759. The zero-order valence-electron chi connectivity index (χ0n) is 12.7. The van der Waals surface area contributed by atoms with Gasteiger partial charge in [0.2, 0.25) is 0 Å². The van der Waals surface area contributed by atoms with Crippen LogP contribution in [0.4, 0.5) is 13.2 Å². The quantitative estimate of drug-likeness (QED) is 0.877. The Balaban J connectivity index is 2.01. The van der Waals surface area contributed by atoms with Crippen LogP contribution in [0.1, 0.15) is 39.8 Å². The first-order valence-corrected chi connectivity index (χ1v) is 7.31. The van der Waals surface area contributed by atoms with Gasteiger partial charge in [0.05, 0.1) is 23.4 Å². The van der Waals surface area contributed by atoms with Gasteiger partial charge in [0.25, 0.3) is 5.91 Å². The summed E-state index contributed by atoms with van der Waals surface area (Å²) in [4.78, 5) is 13.9. The number of amides is 1. The van der Waals surface area contributed by atoms with Crippen LogP contribution in [0.25, 0.3) is 0 Å². The number of hydrogen-bond acceptors (Lipinski definition) is 4. The van der Waals surface area contributed by atoms with Gasteiger partial charge in [-0.25, -0.2) is 0 Å². The molecule has 0 aliphatic carbocycles. The summed E-state index contributed by atoms with van der Waals surface area (Å²) in [5, 5.41) is 19.7. The Morgan fingerprint density at radius 1 is 1.33 bits per heavy atom. The van der Waals surface area contributed by atoms with Gasteiger partial charge in [0.15, 0.2) is 5.69 Å². The third-order valence-corrected chi connectivity index (χ3v) is 4.09. The molecule has 0 radical (unpaired) electrons. The fourth-order valence-electron chi connectivity index (χ4n) is 3.00. The first-order valence-electron chi connectivity index (χ1n) is 7.31. The van der Waals surface area contributed by atoms with E-state index in [9.17, 15) is 23.1 Å². The molecular weight excluding hydrogens is 325 g/mol. The number of hydrogen-bond donors (Lipinski definition) is 2. The highest BCUT2D eigenvalue weighted by Gasteiger charge is 2.42. The fourth-order valence-corrected chi connectivity index (χ4v) is 3.00. The lowest BCUT2D eigenvalue weighted by atomic mass is 9.97. The van der Waals surface area contributed by atoms with Crippen LogP contribution in [-0.2, 0) is 6.18 Å². The van der Waals surface area contributed by atoms with Crippen molar-refractivity contribution < 1.29 is 23.1 Å². The summed E-state index contributed by atoms with van der Waals surface area (Å²) in [7, 11) is 0. The van der Waals surface area contributed by atoms with E-state index in [0.29, 0.717) is 5.69 Å². The lowest BCUT2D eigenvalue weighted by Crippen LogP contribution is -2.33. The molecule has 6 nitrogen and oxygen atoms in total. The van der Waals surface area contributed by atoms with Crippen LogP contribution in [0.2, 0.25) is 0 Å². The number of aromatic amines is 1. The predicted octanol–water partition coefficient (Wildman–Crippen LogP) is 2.08. The van der Waals surface area contributed by atoms with Gasteiger partial charge in [-0.1, -0.05) is 18.2 Å². The number of carbonyl (C=O) groups is 1. The largest absolute Gasteiger partial charge is 0.416 e. The average Bonchev–Trinajstić information content (AvgIpc) is 3.11. The van der Waals surface area contributed by atoms with E-state index in [1.807, 2.05) is 0 Å². The van der Waals surface area contributed by atoms with Gasteiger partial charge >= 0.3 is 6.18 Å². The topological polar surface area (TPSA) is 82.1 Å². The average molecular weight is 340 g/mol. The summed E-state index contributed by atoms with van der Waals surface area (Å²) in [6.07, 6.45) is -5.40. The Hall–Kier alpha value is -2.42. The minimum absolute atomic E-state index is 0.0314. The van der Waals surface area contributed by atoms with Crippen molar-refractivity contribution in [2.75, 3.05) is 6.54 Å².